The average molecular weight is 292 g/mol. The van der Waals surface area contributed by atoms with Crippen molar-refractivity contribution in [3.05, 3.63) is 29.8 Å². The summed E-state index contributed by atoms with van der Waals surface area (Å²) in [4.78, 5) is 15.6. The van der Waals surface area contributed by atoms with Crippen molar-refractivity contribution in [1.82, 2.24) is 10.2 Å². The first-order valence-corrected chi connectivity index (χ1v) is 8.56. The summed E-state index contributed by atoms with van der Waals surface area (Å²) in [5, 5.41) is 3.01. The van der Waals surface area contributed by atoms with Gasteiger partial charge in [-0.2, -0.15) is 0 Å². The van der Waals surface area contributed by atoms with Crippen LogP contribution < -0.4 is 5.32 Å². The van der Waals surface area contributed by atoms with Crippen molar-refractivity contribution in [3.63, 3.8) is 0 Å². The molecule has 3 nitrogen and oxygen atoms in total. The fourth-order valence-corrected chi connectivity index (χ4v) is 2.87. The van der Waals surface area contributed by atoms with E-state index >= 15 is 0 Å². The van der Waals surface area contributed by atoms with E-state index in [0.29, 0.717) is 0 Å². The van der Waals surface area contributed by atoms with Gasteiger partial charge in [-0.25, -0.2) is 0 Å². The maximum atomic E-state index is 12.0. The quantitative estimate of drug-likeness (QED) is 0.847. The highest BCUT2D eigenvalue weighted by atomic mass is 32.2. The summed E-state index contributed by atoms with van der Waals surface area (Å²) in [6, 6.07) is 7.77. The molecule has 0 radical (unpaired) electrons. The summed E-state index contributed by atoms with van der Waals surface area (Å²) in [6.45, 7) is 6.34. The highest BCUT2D eigenvalue weighted by Crippen LogP contribution is 2.16. The molecule has 1 aliphatic heterocycles. The van der Waals surface area contributed by atoms with E-state index < -0.39 is 0 Å². The molecule has 0 aliphatic carbocycles. The third-order valence-electron chi connectivity index (χ3n) is 3.94. The number of piperidine rings is 1. The fourth-order valence-electron chi connectivity index (χ4n) is 2.46. The Balaban J connectivity index is 1.71. The van der Waals surface area contributed by atoms with E-state index in [9.17, 15) is 4.79 Å². The summed E-state index contributed by atoms with van der Waals surface area (Å²) in [5.74, 6) is 0.888. The van der Waals surface area contributed by atoms with Crippen LogP contribution in [0, 0.1) is 5.92 Å². The van der Waals surface area contributed by atoms with Gasteiger partial charge in [0, 0.05) is 23.5 Å². The molecule has 1 fully saturated rings. The van der Waals surface area contributed by atoms with Gasteiger partial charge in [-0.05, 0) is 62.4 Å². The van der Waals surface area contributed by atoms with Gasteiger partial charge in [0.15, 0.2) is 0 Å². The van der Waals surface area contributed by atoms with E-state index in [1.807, 2.05) is 30.5 Å². The molecule has 1 aromatic rings. The highest BCUT2D eigenvalue weighted by molar-refractivity contribution is 7.98. The topological polar surface area (TPSA) is 32.3 Å². The van der Waals surface area contributed by atoms with Crippen LogP contribution in [0.15, 0.2) is 29.2 Å². The lowest BCUT2D eigenvalue weighted by Crippen LogP contribution is -2.39. The number of carbonyl (C=O) groups is 1. The fraction of sp³-hybridized carbons (Fsp3) is 0.562. The molecule has 1 aromatic carbocycles. The molecule has 110 valence electrons. The van der Waals surface area contributed by atoms with Gasteiger partial charge in [0.25, 0.3) is 5.91 Å². The van der Waals surface area contributed by atoms with Crippen LogP contribution in [0.1, 0.15) is 30.1 Å². The number of thioether (sulfide) groups is 1. The molecule has 1 saturated heterocycles. The Morgan fingerprint density at radius 3 is 2.55 bits per heavy atom. The third-order valence-corrected chi connectivity index (χ3v) is 4.69. The number of hydrogen-bond acceptors (Lipinski definition) is 3. The second-order valence-electron chi connectivity index (χ2n) is 5.51. The molecule has 0 aromatic heterocycles. The average Bonchev–Trinajstić information content (AvgIpc) is 2.49. The predicted molar refractivity (Wildman–Crippen MR) is 85.4 cm³/mol. The van der Waals surface area contributed by atoms with Crippen molar-refractivity contribution < 1.29 is 4.79 Å². The molecule has 0 atom stereocenters. The van der Waals surface area contributed by atoms with Crippen LogP contribution in [-0.2, 0) is 0 Å². The van der Waals surface area contributed by atoms with Crippen LogP contribution in [0.5, 0.6) is 0 Å². The zero-order valence-electron chi connectivity index (χ0n) is 12.4. The van der Waals surface area contributed by atoms with Gasteiger partial charge in [0.05, 0.1) is 0 Å². The Morgan fingerprint density at radius 1 is 1.30 bits per heavy atom. The van der Waals surface area contributed by atoms with Crippen LogP contribution in [0.3, 0.4) is 0 Å². The van der Waals surface area contributed by atoms with Crippen LogP contribution in [0.2, 0.25) is 0 Å². The Kier molecular flexibility index (Phi) is 5.92. The van der Waals surface area contributed by atoms with Gasteiger partial charge in [0.2, 0.25) is 0 Å². The van der Waals surface area contributed by atoms with Crippen LogP contribution in [-0.4, -0.2) is 43.2 Å². The Bertz CT molecular complexity index is 425. The molecule has 1 N–H and O–H groups in total. The number of hydrogen-bond donors (Lipinski definition) is 1. The summed E-state index contributed by atoms with van der Waals surface area (Å²) in [7, 11) is 0. The second kappa shape index (κ2) is 7.70. The molecular weight excluding hydrogens is 268 g/mol. The number of rotatable bonds is 5. The molecule has 1 aliphatic rings. The van der Waals surface area contributed by atoms with E-state index in [2.05, 4.69) is 17.1 Å². The monoisotopic (exact) mass is 292 g/mol. The molecule has 2 rings (SSSR count). The SMILES string of the molecule is CSc1ccc(C(=O)NCCN2CCC(C)CC2)cc1. The lowest BCUT2D eigenvalue weighted by Gasteiger charge is -2.30. The third kappa shape index (κ3) is 4.53. The number of nitrogens with zero attached hydrogens (tertiary/aromatic N) is 1. The summed E-state index contributed by atoms with van der Waals surface area (Å²) in [5.41, 5.74) is 0.745. The van der Waals surface area contributed by atoms with Crippen LogP contribution in [0.4, 0.5) is 0 Å². The van der Waals surface area contributed by atoms with Gasteiger partial charge in [-0.1, -0.05) is 6.92 Å². The van der Waals surface area contributed by atoms with Gasteiger partial charge in [-0.3, -0.25) is 4.79 Å². The zero-order valence-corrected chi connectivity index (χ0v) is 13.2. The highest BCUT2D eigenvalue weighted by Gasteiger charge is 2.15. The number of amides is 1. The number of carbonyl (C=O) groups excluding carboxylic acids is 1. The molecule has 0 unspecified atom stereocenters. The smallest absolute Gasteiger partial charge is 0.251 e. The van der Waals surface area contributed by atoms with E-state index in [4.69, 9.17) is 0 Å². The van der Waals surface area contributed by atoms with E-state index in [-0.39, 0.29) is 5.91 Å². The van der Waals surface area contributed by atoms with E-state index in [1.165, 1.54) is 30.8 Å². The lowest BCUT2D eigenvalue weighted by molar-refractivity contribution is 0.0944. The van der Waals surface area contributed by atoms with E-state index in [0.717, 1.165) is 24.6 Å². The van der Waals surface area contributed by atoms with Crippen molar-refractivity contribution in [3.8, 4) is 0 Å². The Labute approximate surface area is 126 Å². The first kappa shape index (κ1) is 15.4. The Hall–Kier alpha value is -1.00. The second-order valence-corrected chi connectivity index (χ2v) is 6.39. The molecule has 4 heteroatoms. The maximum Gasteiger partial charge on any atom is 0.251 e. The first-order valence-electron chi connectivity index (χ1n) is 7.33. The Morgan fingerprint density at radius 2 is 1.95 bits per heavy atom. The van der Waals surface area contributed by atoms with Gasteiger partial charge < -0.3 is 10.2 Å². The van der Waals surface area contributed by atoms with Crippen molar-refractivity contribution in [2.24, 2.45) is 5.92 Å². The number of nitrogens with one attached hydrogen (secondary N) is 1. The first-order chi connectivity index (χ1) is 9.69. The maximum absolute atomic E-state index is 12.0. The summed E-state index contributed by atoms with van der Waals surface area (Å²) < 4.78 is 0. The summed E-state index contributed by atoms with van der Waals surface area (Å²) >= 11 is 1.69. The van der Waals surface area contributed by atoms with Gasteiger partial charge in [0.1, 0.15) is 0 Å². The molecule has 1 heterocycles. The number of likely N-dealkylation sites (tertiary alicyclic amines) is 1. The van der Waals surface area contributed by atoms with Gasteiger partial charge in [-0.15, -0.1) is 11.8 Å². The van der Waals surface area contributed by atoms with Gasteiger partial charge >= 0.3 is 0 Å². The molecule has 0 bridgehead atoms. The molecular formula is C16H24N2OS. The normalized spacial score (nSPS) is 17.1. The van der Waals surface area contributed by atoms with Crippen LogP contribution >= 0.6 is 11.8 Å². The van der Waals surface area contributed by atoms with Crippen LogP contribution in [0.25, 0.3) is 0 Å². The molecule has 1 amide bonds. The van der Waals surface area contributed by atoms with Crippen molar-refractivity contribution in [2.75, 3.05) is 32.4 Å². The summed E-state index contributed by atoms with van der Waals surface area (Å²) in [6.07, 6.45) is 4.60. The van der Waals surface area contributed by atoms with Crippen molar-refractivity contribution in [2.45, 2.75) is 24.7 Å². The van der Waals surface area contributed by atoms with E-state index in [1.54, 1.807) is 11.8 Å². The standard InChI is InChI=1S/C16H24N2OS/c1-13-7-10-18(11-8-13)12-9-17-16(19)14-3-5-15(20-2)6-4-14/h3-6,13H,7-12H2,1-2H3,(H,17,19). The van der Waals surface area contributed by atoms with Crippen molar-refractivity contribution >= 4 is 17.7 Å². The minimum atomic E-state index is 0.0306. The minimum absolute atomic E-state index is 0.0306. The molecule has 0 spiro atoms. The lowest BCUT2D eigenvalue weighted by atomic mass is 9.99. The predicted octanol–water partition coefficient (Wildman–Crippen LogP) is 2.87. The molecule has 20 heavy (non-hydrogen) atoms. The number of benzene rings is 1. The zero-order chi connectivity index (χ0) is 14.4. The largest absolute Gasteiger partial charge is 0.351 e. The van der Waals surface area contributed by atoms with Crippen molar-refractivity contribution in [1.29, 1.82) is 0 Å². The molecule has 0 saturated carbocycles. The minimum Gasteiger partial charge on any atom is -0.351 e.